The third-order valence-electron chi connectivity index (χ3n) is 7.28. The number of alkyl halides is 2. The van der Waals surface area contributed by atoms with Crippen molar-refractivity contribution < 1.29 is 31.9 Å². The van der Waals surface area contributed by atoms with E-state index in [2.05, 4.69) is 25.1 Å². The highest BCUT2D eigenvalue weighted by atomic mass is 19.3. The van der Waals surface area contributed by atoms with E-state index in [9.17, 15) is 18.4 Å². The Bertz CT molecular complexity index is 1700. The van der Waals surface area contributed by atoms with E-state index in [-0.39, 0.29) is 24.1 Å². The zero-order chi connectivity index (χ0) is 33.9. The van der Waals surface area contributed by atoms with E-state index < -0.39 is 23.7 Å². The SMILES string of the molecule is CN(C=O)c1cc(-c2cnc(N3CCN(C(=O)OC(C)(C)C)CC3)nc2)c(F)cc1N(C)Cc1ccc(-c2nnc(C(F)F)o2)cn1. The fourth-order valence-electron chi connectivity index (χ4n) is 4.87. The molecule has 248 valence electrons. The minimum atomic E-state index is -2.88. The first kappa shape index (κ1) is 33.1. The average molecular weight is 654 g/mol. The summed E-state index contributed by atoms with van der Waals surface area (Å²) in [6.45, 7) is 7.61. The lowest BCUT2D eigenvalue weighted by Crippen LogP contribution is -2.50. The number of carbonyl (C=O) groups is 2. The Labute approximate surface area is 269 Å². The second kappa shape index (κ2) is 13.6. The maximum Gasteiger partial charge on any atom is 0.410 e. The van der Waals surface area contributed by atoms with Crippen LogP contribution in [0.2, 0.25) is 0 Å². The van der Waals surface area contributed by atoms with E-state index in [1.807, 2.05) is 25.7 Å². The first-order valence-electron chi connectivity index (χ1n) is 14.7. The van der Waals surface area contributed by atoms with Gasteiger partial charge >= 0.3 is 12.5 Å². The molecular formula is C31H34F3N9O4. The predicted molar refractivity (Wildman–Crippen MR) is 167 cm³/mol. The summed E-state index contributed by atoms with van der Waals surface area (Å²) >= 11 is 0. The number of carbonyl (C=O) groups excluding carboxylic acids is 2. The smallest absolute Gasteiger partial charge is 0.410 e. The number of halogens is 3. The summed E-state index contributed by atoms with van der Waals surface area (Å²) in [5, 5.41) is 6.94. The molecular weight excluding hydrogens is 619 g/mol. The zero-order valence-corrected chi connectivity index (χ0v) is 26.5. The van der Waals surface area contributed by atoms with Gasteiger partial charge in [-0.15, -0.1) is 10.2 Å². The number of ether oxygens (including phenoxy) is 1. The fraction of sp³-hybridized carbons (Fsp3) is 0.387. The van der Waals surface area contributed by atoms with Crippen molar-refractivity contribution in [3.05, 3.63) is 60.3 Å². The van der Waals surface area contributed by atoms with Crippen molar-refractivity contribution in [3.8, 4) is 22.6 Å². The van der Waals surface area contributed by atoms with Gasteiger partial charge in [0.15, 0.2) is 0 Å². The maximum atomic E-state index is 15.6. The van der Waals surface area contributed by atoms with Crippen LogP contribution >= 0.6 is 0 Å². The Balaban J connectivity index is 1.29. The van der Waals surface area contributed by atoms with Crippen LogP contribution in [0.1, 0.15) is 38.8 Å². The molecule has 5 rings (SSSR count). The van der Waals surface area contributed by atoms with Gasteiger partial charge in [-0.25, -0.2) is 19.2 Å². The number of benzene rings is 1. The van der Waals surface area contributed by atoms with E-state index in [0.29, 0.717) is 66.7 Å². The van der Waals surface area contributed by atoms with Gasteiger partial charge in [-0.2, -0.15) is 8.78 Å². The highest BCUT2D eigenvalue weighted by Gasteiger charge is 2.27. The second-order valence-electron chi connectivity index (χ2n) is 11.9. The molecule has 3 aromatic heterocycles. The topological polar surface area (TPSA) is 134 Å². The van der Waals surface area contributed by atoms with Gasteiger partial charge in [0.2, 0.25) is 18.2 Å². The predicted octanol–water partition coefficient (Wildman–Crippen LogP) is 4.95. The van der Waals surface area contributed by atoms with Crippen molar-refractivity contribution in [2.45, 2.75) is 39.3 Å². The standard InChI is InChI=1S/C31H34F3N9O4/c1-31(2,3)47-30(45)43-10-8-42(9-11-43)29-36-15-20(16-37-29)22-12-24(41(5)18-44)25(13-23(22)32)40(4)17-21-7-6-19(14-35-21)27-38-39-28(46-27)26(33)34/h6-7,12-16,18,26H,8-11,17H2,1-5H3. The quantitative estimate of drug-likeness (QED) is 0.227. The molecule has 0 bridgehead atoms. The number of hydrogen-bond acceptors (Lipinski definition) is 11. The van der Waals surface area contributed by atoms with Gasteiger partial charge in [0, 0.05) is 70.0 Å². The lowest BCUT2D eigenvalue weighted by molar-refractivity contribution is -0.107. The minimum Gasteiger partial charge on any atom is -0.444 e. The third kappa shape index (κ3) is 7.76. The summed E-state index contributed by atoms with van der Waals surface area (Å²) in [5.74, 6) is -0.963. The van der Waals surface area contributed by atoms with Crippen molar-refractivity contribution in [2.24, 2.45) is 0 Å². The maximum absolute atomic E-state index is 15.6. The van der Waals surface area contributed by atoms with Crippen molar-refractivity contribution in [2.75, 3.05) is 55.0 Å². The van der Waals surface area contributed by atoms with Crippen molar-refractivity contribution in [1.82, 2.24) is 30.0 Å². The van der Waals surface area contributed by atoms with E-state index in [1.165, 1.54) is 29.6 Å². The van der Waals surface area contributed by atoms with Crippen molar-refractivity contribution in [3.63, 3.8) is 0 Å². The number of pyridine rings is 1. The fourth-order valence-corrected chi connectivity index (χ4v) is 4.87. The summed E-state index contributed by atoms with van der Waals surface area (Å²) < 4.78 is 51.6. The van der Waals surface area contributed by atoms with Gasteiger partial charge in [0.25, 0.3) is 5.89 Å². The van der Waals surface area contributed by atoms with Crippen LogP contribution in [-0.2, 0) is 16.1 Å². The molecule has 13 nitrogen and oxygen atoms in total. The molecule has 0 spiro atoms. The Morgan fingerprint density at radius 2 is 1.68 bits per heavy atom. The highest BCUT2D eigenvalue weighted by molar-refractivity contribution is 5.87. The molecule has 1 saturated heterocycles. The van der Waals surface area contributed by atoms with Crippen LogP contribution in [0.15, 0.2) is 47.3 Å². The number of aromatic nitrogens is 5. The van der Waals surface area contributed by atoms with Crippen LogP contribution in [0.25, 0.3) is 22.6 Å². The second-order valence-corrected chi connectivity index (χ2v) is 11.9. The number of piperazine rings is 1. The summed E-state index contributed by atoms with van der Waals surface area (Å²) in [4.78, 5) is 44.1. The van der Waals surface area contributed by atoms with E-state index in [1.54, 1.807) is 42.1 Å². The molecule has 0 radical (unpaired) electrons. The van der Waals surface area contributed by atoms with Crippen LogP contribution in [0.3, 0.4) is 0 Å². The number of anilines is 3. The van der Waals surface area contributed by atoms with Crippen LogP contribution in [-0.4, -0.2) is 88.4 Å². The first-order chi connectivity index (χ1) is 22.3. The molecule has 4 aromatic rings. The average Bonchev–Trinajstić information content (AvgIpc) is 3.55. The van der Waals surface area contributed by atoms with Crippen LogP contribution < -0.4 is 14.7 Å². The molecule has 2 amide bonds. The minimum absolute atomic E-state index is 0.0851. The number of rotatable bonds is 9. The Morgan fingerprint density at radius 3 is 2.26 bits per heavy atom. The van der Waals surface area contributed by atoms with Gasteiger partial charge < -0.3 is 28.8 Å². The van der Waals surface area contributed by atoms with Crippen molar-refractivity contribution in [1.29, 1.82) is 0 Å². The molecule has 1 aliphatic heterocycles. The molecule has 0 aliphatic carbocycles. The Kier molecular flexibility index (Phi) is 9.58. The lowest BCUT2D eigenvalue weighted by atomic mass is 10.1. The first-order valence-corrected chi connectivity index (χ1v) is 14.7. The summed E-state index contributed by atoms with van der Waals surface area (Å²) in [6, 6.07) is 6.14. The molecule has 16 heteroatoms. The zero-order valence-electron chi connectivity index (χ0n) is 26.5. The van der Waals surface area contributed by atoms with Crippen LogP contribution in [0, 0.1) is 5.82 Å². The van der Waals surface area contributed by atoms with Gasteiger partial charge in [-0.3, -0.25) is 9.78 Å². The van der Waals surface area contributed by atoms with E-state index >= 15 is 4.39 Å². The molecule has 0 saturated carbocycles. The van der Waals surface area contributed by atoms with Crippen LogP contribution in [0.4, 0.5) is 35.3 Å². The molecule has 47 heavy (non-hydrogen) atoms. The third-order valence-corrected chi connectivity index (χ3v) is 7.28. The summed E-state index contributed by atoms with van der Waals surface area (Å²) in [6.07, 6.45) is 1.84. The van der Waals surface area contributed by atoms with E-state index in [4.69, 9.17) is 9.15 Å². The lowest BCUT2D eigenvalue weighted by Gasteiger charge is -2.35. The van der Waals surface area contributed by atoms with Gasteiger partial charge in [-0.05, 0) is 45.0 Å². The number of nitrogens with zero attached hydrogens (tertiary/aromatic N) is 9. The van der Waals surface area contributed by atoms with E-state index in [0.717, 1.165) is 0 Å². The Hall–Kier alpha value is -5.28. The van der Waals surface area contributed by atoms with Crippen LogP contribution in [0.5, 0.6) is 0 Å². The van der Waals surface area contributed by atoms with Gasteiger partial charge in [0.1, 0.15) is 11.4 Å². The number of hydrogen-bond donors (Lipinski definition) is 0. The van der Waals surface area contributed by atoms with Gasteiger partial charge in [-0.1, -0.05) is 0 Å². The Morgan fingerprint density at radius 1 is 1.00 bits per heavy atom. The van der Waals surface area contributed by atoms with Crippen molar-refractivity contribution >= 4 is 29.8 Å². The largest absolute Gasteiger partial charge is 0.444 e. The molecule has 0 atom stereocenters. The molecule has 1 aromatic carbocycles. The van der Waals surface area contributed by atoms with Gasteiger partial charge in [0.05, 0.1) is 29.2 Å². The molecule has 0 unspecified atom stereocenters. The summed E-state index contributed by atoms with van der Waals surface area (Å²) in [7, 11) is 3.28. The molecule has 4 heterocycles. The molecule has 1 fully saturated rings. The normalized spacial score (nSPS) is 13.6. The highest BCUT2D eigenvalue weighted by Crippen LogP contribution is 2.36. The summed E-state index contributed by atoms with van der Waals surface area (Å²) in [5.41, 5.74) is 1.84. The molecule has 0 N–H and O–H groups in total. The number of amides is 2. The monoisotopic (exact) mass is 653 g/mol. The molecule has 1 aliphatic rings.